The molecule has 6 rings (SSSR count). The molecular weight excluding hydrogens is 624 g/mol. The molecule has 2 aromatic heterocycles. The number of hydrogen-bond acceptors (Lipinski definition) is 6. The molecule has 1 aliphatic heterocycles. The van der Waals surface area contributed by atoms with E-state index in [0.717, 1.165) is 18.5 Å². The lowest BCUT2D eigenvalue weighted by Gasteiger charge is -2.44. The van der Waals surface area contributed by atoms with E-state index in [-0.39, 0.29) is 41.8 Å². The third-order valence-corrected chi connectivity index (χ3v) is 10.7. The molecule has 0 radical (unpaired) electrons. The maximum Gasteiger partial charge on any atom is 0.261 e. The normalized spacial score (nSPS) is 22.7. The van der Waals surface area contributed by atoms with Crippen LogP contribution in [0.3, 0.4) is 0 Å². The van der Waals surface area contributed by atoms with E-state index in [2.05, 4.69) is 48.2 Å². The second kappa shape index (κ2) is 14.6. The van der Waals surface area contributed by atoms with Crippen molar-refractivity contribution in [1.29, 1.82) is 0 Å². The van der Waals surface area contributed by atoms with Crippen LogP contribution < -0.4 is 20.9 Å². The molecule has 4 aromatic rings. The molecule has 260 valence electrons. The number of ether oxygens (including phenoxy) is 1. The fraction of sp³-hybridized carbons (Fsp3) is 0.474. The summed E-state index contributed by atoms with van der Waals surface area (Å²) in [5.74, 6) is 2.09. The van der Waals surface area contributed by atoms with Crippen LogP contribution in [0.2, 0.25) is 0 Å². The number of methoxy groups -OCH3 is 1. The van der Waals surface area contributed by atoms with Crippen molar-refractivity contribution in [3.8, 4) is 17.1 Å². The first kappa shape index (κ1) is 34.5. The predicted molar refractivity (Wildman–Crippen MR) is 191 cm³/mol. The van der Waals surface area contributed by atoms with Crippen molar-refractivity contribution in [3.05, 3.63) is 82.7 Å². The Morgan fingerprint density at radius 2 is 2.02 bits per heavy atom. The van der Waals surface area contributed by atoms with E-state index in [1.54, 1.807) is 41.2 Å². The number of alkyl halides is 1. The van der Waals surface area contributed by atoms with Crippen LogP contribution in [0.5, 0.6) is 5.75 Å². The molecule has 2 fully saturated rings. The molecule has 0 bridgehead atoms. The number of benzene rings is 2. The fourth-order valence-electron chi connectivity index (χ4n) is 7.15. The Balaban J connectivity index is 1.36. The summed E-state index contributed by atoms with van der Waals surface area (Å²) in [5.41, 5.74) is 2.44. The lowest BCUT2D eigenvalue weighted by atomic mass is 9.63. The molecule has 2 aliphatic rings. The molecule has 0 amide bonds. The van der Waals surface area contributed by atoms with Crippen molar-refractivity contribution in [2.45, 2.75) is 65.6 Å². The monoisotopic (exact) mass is 671 g/mol. The van der Waals surface area contributed by atoms with Gasteiger partial charge in [0.1, 0.15) is 24.1 Å². The number of aryl methyl sites for hydroxylation is 1. The molecular formula is C38H47F2N7O2. The highest BCUT2D eigenvalue weighted by Crippen LogP contribution is 2.44. The molecule has 0 spiro atoms. The van der Waals surface area contributed by atoms with E-state index < -0.39 is 6.67 Å². The Morgan fingerprint density at radius 1 is 1.18 bits per heavy atom. The van der Waals surface area contributed by atoms with E-state index in [1.165, 1.54) is 13.2 Å². The molecule has 2 aromatic carbocycles. The number of anilines is 1. The Hall–Kier alpha value is -4.38. The van der Waals surface area contributed by atoms with Gasteiger partial charge in [0.2, 0.25) is 0 Å². The molecule has 4 atom stereocenters. The van der Waals surface area contributed by atoms with Crippen LogP contribution in [0.4, 0.5) is 14.5 Å². The summed E-state index contributed by atoms with van der Waals surface area (Å²) in [6, 6.07) is 13.8. The summed E-state index contributed by atoms with van der Waals surface area (Å²) >= 11 is 0. The number of fused-ring (bicyclic) bond motifs is 1. The van der Waals surface area contributed by atoms with Gasteiger partial charge in [0.15, 0.2) is 5.96 Å². The first-order chi connectivity index (χ1) is 23.6. The molecule has 1 saturated carbocycles. The van der Waals surface area contributed by atoms with Crippen LogP contribution >= 0.6 is 0 Å². The summed E-state index contributed by atoms with van der Waals surface area (Å²) in [7, 11) is 1.49. The molecule has 1 aliphatic carbocycles. The van der Waals surface area contributed by atoms with Gasteiger partial charge < -0.3 is 20.3 Å². The number of rotatable bonds is 8. The third kappa shape index (κ3) is 7.46. The fourth-order valence-corrected chi connectivity index (χ4v) is 7.15. The molecule has 1 saturated heterocycles. The molecule has 3 heterocycles. The maximum absolute atomic E-state index is 14.8. The van der Waals surface area contributed by atoms with E-state index in [0.29, 0.717) is 71.0 Å². The average molecular weight is 672 g/mol. The largest absolute Gasteiger partial charge is 0.497 e. The number of aliphatic imine (C=N–C) groups is 1. The minimum absolute atomic E-state index is 0.128. The van der Waals surface area contributed by atoms with Crippen LogP contribution in [0.1, 0.15) is 46.1 Å². The number of pyridine rings is 1. The Labute approximate surface area is 286 Å². The average Bonchev–Trinajstić information content (AvgIpc) is 3.11. The van der Waals surface area contributed by atoms with Crippen molar-refractivity contribution in [2.75, 3.05) is 38.7 Å². The number of guanidine groups is 1. The van der Waals surface area contributed by atoms with Gasteiger partial charge in [-0.2, -0.15) is 0 Å². The van der Waals surface area contributed by atoms with Gasteiger partial charge in [-0.15, -0.1) is 0 Å². The maximum atomic E-state index is 14.8. The number of nitrogens with zero attached hydrogens (tertiary/aromatic N) is 5. The molecule has 9 nitrogen and oxygen atoms in total. The molecule has 2 N–H and O–H groups in total. The van der Waals surface area contributed by atoms with Gasteiger partial charge >= 0.3 is 0 Å². The van der Waals surface area contributed by atoms with Crippen LogP contribution in [0.25, 0.3) is 22.3 Å². The van der Waals surface area contributed by atoms with Crippen LogP contribution in [0, 0.1) is 23.1 Å². The van der Waals surface area contributed by atoms with E-state index in [4.69, 9.17) is 14.7 Å². The second-order valence-corrected chi connectivity index (χ2v) is 14.1. The quantitative estimate of drug-likeness (QED) is 0.167. The Morgan fingerprint density at radius 3 is 2.76 bits per heavy atom. The minimum atomic E-state index is -0.455. The topological polar surface area (TPSA) is 96.7 Å². The second-order valence-electron chi connectivity index (χ2n) is 14.1. The van der Waals surface area contributed by atoms with Gasteiger partial charge in [0.05, 0.1) is 30.1 Å². The lowest BCUT2D eigenvalue weighted by molar-refractivity contribution is 0.0828. The zero-order valence-corrected chi connectivity index (χ0v) is 29.0. The van der Waals surface area contributed by atoms with Crippen molar-refractivity contribution >= 4 is 22.5 Å². The lowest BCUT2D eigenvalue weighted by Crippen LogP contribution is -2.55. The highest BCUT2D eigenvalue weighted by molar-refractivity contribution is 5.96. The molecule has 11 heteroatoms. The minimum Gasteiger partial charge on any atom is -0.497 e. The van der Waals surface area contributed by atoms with Gasteiger partial charge in [0.25, 0.3) is 5.56 Å². The summed E-state index contributed by atoms with van der Waals surface area (Å²) < 4.78 is 35.4. The first-order valence-corrected chi connectivity index (χ1v) is 17.2. The van der Waals surface area contributed by atoms with Crippen LogP contribution in [0.15, 0.2) is 70.7 Å². The van der Waals surface area contributed by atoms with Crippen molar-refractivity contribution in [1.82, 2.24) is 24.8 Å². The van der Waals surface area contributed by atoms with Crippen molar-refractivity contribution < 1.29 is 13.5 Å². The van der Waals surface area contributed by atoms with Gasteiger partial charge in [-0.1, -0.05) is 33.8 Å². The zero-order valence-electron chi connectivity index (χ0n) is 29.0. The Kier molecular flexibility index (Phi) is 10.3. The number of piperazine rings is 1. The van der Waals surface area contributed by atoms with E-state index in [1.807, 2.05) is 18.2 Å². The highest BCUT2D eigenvalue weighted by atomic mass is 19.1. The van der Waals surface area contributed by atoms with Gasteiger partial charge in [-0.3, -0.25) is 14.3 Å². The van der Waals surface area contributed by atoms with Gasteiger partial charge in [0, 0.05) is 55.9 Å². The Bertz CT molecular complexity index is 1860. The standard InChI is InChI=1S/C38H47F2N7O2/c1-24-25(2)38(3,4)14-12-33(24)45-37(46-18-16-42-29(21-39)23-46)43-28-9-11-31-34(19-28)44-35(27-7-6-15-41-22-27)47(36(31)48)17-13-26-8-10-30(49-5)20-32(26)40/h6-11,15,19-20,22,24-25,29,33,42H,12-14,16-18,21,23H2,1-5H3,(H,43,45)/t24-,25-,29-,33?/m0/s1. The van der Waals surface area contributed by atoms with Crippen molar-refractivity contribution in [2.24, 2.45) is 22.2 Å². The first-order valence-electron chi connectivity index (χ1n) is 17.2. The highest BCUT2D eigenvalue weighted by Gasteiger charge is 2.39. The van der Waals surface area contributed by atoms with Gasteiger partial charge in [-0.25, -0.2) is 18.8 Å². The molecule has 49 heavy (non-hydrogen) atoms. The number of halogens is 2. The number of aromatic nitrogens is 3. The van der Waals surface area contributed by atoms with Crippen molar-refractivity contribution in [3.63, 3.8) is 0 Å². The number of hydrogen-bond donors (Lipinski definition) is 2. The summed E-state index contributed by atoms with van der Waals surface area (Å²) in [6.07, 6.45) is 5.69. The smallest absolute Gasteiger partial charge is 0.261 e. The summed E-state index contributed by atoms with van der Waals surface area (Å²) in [6.45, 7) is 10.9. The van der Waals surface area contributed by atoms with Crippen LogP contribution in [-0.2, 0) is 13.0 Å². The molecule has 1 unspecified atom stereocenters. The summed E-state index contributed by atoms with van der Waals surface area (Å²) in [5, 5.41) is 7.26. The van der Waals surface area contributed by atoms with Crippen LogP contribution in [-0.4, -0.2) is 70.9 Å². The van der Waals surface area contributed by atoms with E-state index in [9.17, 15) is 13.6 Å². The number of nitrogens with one attached hydrogen (secondary N) is 2. The zero-order chi connectivity index (χ0) is 34.7. The SMILES string of the molecule is COc1ccc(CCn2c(-c3cccnc3)nc3cc(NC(=NC4CCC(C)(C)[C@@H](C)[C@@H]4C)N4CCN[C@@H](CF)C4)ccc3c2=O)c(F)c1. The third-order valence-electron chi connectivity index (χ3n) is 10.7. The van der Waals surface area contributed by atoms with E-state index >= 15 is 0 Å². The summed E-state index contributed by atoms with van der Waals surface area (Å²) in [4.78, 5) is 30.8. The van der Waals surface area contributed by atoms with Gasteiger partial charge in [-0.05, 0) is 78.5 Å². The predicted octanol–water partition coefficient (Wildman–Crippen LogP) is 6.32.